The second-order valence-electron chi connectivity index (χ2n) is 2.98. The molecule has 1 heterocycles. The Hall–Kier alpha value is -2.37. The Morgan fingerprint density at radius 1 is 1.20 bits per heavy atom. The summed E-state index contributed by atoms with van der Waals surface area (Å²) in [6.07, 6.45) is 0. The smallest absolute Gasteiger partial charge is 0.340 e. The Kier molecular flexibility index (Phi) is 1.89. The monoisotopic (exact) mass is 204 g/mol. The van der Waals surface area contributed by atoms with Crippen LogP contribution in [0.4, 0.5) is 4.79 Å². The Bertz CT molecular complexity index is 510. The van der Waals surface area contributed by atoms with E-state index in [-0.39, 0.29) is 5.69 Å². The first-order chi connectivity index (χ1) is 7.11. The van der Waals surface area contributed by atoms with Crippen molar-refractivity contribution in [2.75, 3.05) is 0 Å². The lowest BCUT2D eigenvalue weighted by Crippen LogP contribution is -2.21. The molecule has 0 aliphatic carbocycles. The summed E-state index contributed by atoms with van der Waals surface area (Å²) in [6, 6.07) is 5.98. The van der Waals surface area contributed by atoms with Crippen molar-refractivity contribution < 1.29 is 9.59 Å². The van der Waals surface area contributed by atoms with Crippen LogP contribution < -0.4 is 11.5 Å². The van der Waals surface area contributed by atoms with Gasteiger partial charge in [0.1, 0.15) is 0 Å². The molecule has 0 saturated heterocycles. The minimum atomic E-state index is -0.751. The molecule has 0 radical (unpaired) electrons. The van der Waals surface area contributed by atoms with Gasteiger partial charge >= 0.3 is 6.03 Å². The van der Waals surface area contributed by atoms with Crippen molar-refractivity contribution in [3.05, 3.63) is 30.0 Å². The third kappa shape index (κ3) is 1.32. The lowest BCUT2D eigenvalue weighted by atomic mass is 10.2. The number of carbonyl (C=O) groups excluding carboxylic acids is 2. The van der Waals surface area contributed by atoms with E-state index in [1.165, 1.54) is 0 Å². The van der Waals surface area contributed by atoms with Crippen LogP contribution in [-0.2, 0) is 0 Å². The van der Waals surface area contributed by atoms with E-state index in [1.54, 1.807) is 24.3 Å². The van der Waals surface area contributed by atoms with Crippen LogP contribution in [-0.4, -0.2) is 21.7 Å². The van der Waals surface area contributed by atoms with Crippen LogP contribution in [0.1, 0.15) is 10.5 Å². The molecule has 4 N–H and O–H groups in total. The van der Waals surface area contributed by atoms with Crippen molar-refractivity contribution in [1.29, 1.82) is 0 Å². The molecule has 2 amide bonds. The number of rotatable bonds is 1. The average Bonchev–Trinajstić information content (AvgIpc) is 2.56. The number of nitrogens with zero attached hydrogens (tertiary/aromatic N) is 2. The maximum Gasteiger partial charge on any atom is 0.340 e. The first kappa shape index (κ1) is 9.20. The van der Waals surface area contributed by atoms with Gasteiger partial charge < -0.3 is 11.5 Å². The fraction of sp³-hybridized carbons (Fsp3) is 0. The van der Waals surface area contributed by atoms with E-state index in [2.05, 4.69) is 5.10 Å². The third-order valence-corrected chi connectivity index (χ3v) is 2.03. The van der Waals surface area contributed by atoms with Gasteiger partial charge in [-0.25, -0.2) is 4.79 Å². The SMILES string of the molecule is NC(=O)c1nn(C(N)=O)c2ccccc12. The zero-order valence-corrected chi connectivity index (χ0v) is 7.68. The van der Waals surface area contributed by atoms with Crippen molar-refractivity contribution in [2.45, 2.75) is 0 Å². The number of benzene rings is 1. The Morgan fingerprint density at radius 3 is 2.47 bits per heavy atom. The summed E-state index contributed by atoms with van der Waals surface area (Å²) in [5, 5.41) is 4.27. The van der Waals surface area contributed by atoms with Crippen LogP contribution >= 0.6 is 0 Å². The Morgan fingerprint density at radius 2 is 1.87 bits per heavy atom. The Labute approximate surface area is 84.5 Å². The highest BCUT2D eigenvalue weighted by Gasteiger charge is 2.16. The predicted molar refractivity (Wildman–Crippen MR) is 53.2 cm³/mol. The highest BCUT2D eigenvalue weighted by Crippen LogP contribution is 2.17. The number of amides is 2. The van der Waals surface area contributed by atoms with Gasteiger partial charge in [0.15, 0.2) is 5.69 Å². The summed E-state index contributed by atoms with van der Waals surface area (Å²) in [6.45, 7) is 0. The number of hydrogen-bond donors (Lipinski definition) is 2. The second kappa shape index (κ2) is 3.09. The molecule has 0 bridgehead atoms. The van der Waals surface area contributed by atoms with Crippen molar-refractivity contribution in [3.8, 4) is 0 Å². The first-order valence-corrected chi connectivity index (χ1v) is 4.18. The quantitative estimate of drug-likeness (QED) is 0.686. The van der Waals surface area contributed by atoms with Crippen LogP contribution in [0.15, 0.2) is 24.3 Å². The molecule has 0 unspecified atom stereocenters. The molecule has 1 aromatic heterocycles. The van der Waals surface area contributed by atoms with Gasteiger partial charge in [0.2, 0.25) is 0 Å². The lowest BCUT2D eigenvalue weighted by molar-refractivity contribution is 0.0996. The van der Waals surface area contributed by atoms with Gasteiger partial charge in [-0.1, -0.05) is 18.2 Å². The van der Waals surface area contributed by atoms with Gasteiger partial charge in [-0.05, 0) is 6.07 Å². The number of carbonyl (C=O) groups is 2. The van der Waals surface area contributed by atoms with Gasteiger partial charge in [0.25, 0.3) is 5.91 Å². The molecule has 76 valence electrons. The predicted octanol–water partition coefficient (Wildman–Crippen LogP) is 0.0620. The molecule has 0 saturated carbocycles. The van der Waals surface area contributed by atoms with E-state index in [4.69, 9.17) is 11.5 Å². The number of hydrogen-bond acceptors (Lipinski definition) is 3. The topological polar surface area (TPSA) is 104 Å². The zero-order chi connectivity index (χ0) is 11.0. The van der Waals surface area contributed by atoms with E-state index in [0.29, 0.717) is 10.9 Å². The van der Waals surface area contributed by atoms with E-state index >= 15 is 0 Å². The molecule has 2 aromatic rings. The van der Waals surface area contributed by atoms with Crippen molar-refractivity contribution in [3.63, 3.8) is 0 Å². The van der Waals surface area contributed by atoms with E-state index in [9.17, 15) is 9.59 Å². The minimum absolute atomic E-state index is 0.0457. The molecule has 0 fully saturated rings. The van der Waals surface area contributed by atoms with Gasteiger partial charge in [-0.3, -0.25) is 4.79 Å². The van der Waals surface area contributed by atoms with Crippen LogP contribution in [0, 0.1) is 0 Å². The Balaban J connectivity index is 2.85. The number of fused-ring (bicyclic) bond motifs is 1. The summed E-state index contributed by atoms with van der Waals surface area (Å²) in [7, 11) is 0. The van der Waals surface area contributed by atoms with Crippen molar-refractivity contribution in [1.82, 2.24) is 9.78 Å². The third-order valence-electron chi connectivity index (χ3n) is 2.03. The zero-order valence-electron chi connectivity index (χ0n) is 7.68. The molecule has 0 spiro atoms. The van der Waals surface area contributed by atoms with E-state index < -0.39 is 11.9 Å². The summed E-state index contributed by atoms with van der Waals surface area (Å²) in [4.78, 5) is 22.1. The number of para-hydroxylation sites is 1. The van der Waals surface area contributed by atoms with Gasteiger partial charge in [0.05, 0.1) is 5.52 Å². The lowest BCUT2D eigenvalue weighted by Gasteiger charge is -1.94. The first-order valence-electron chi connectivity index (χ1n) is 4.18. The molecule has 0 aliphatic heterocycles. The number of primary amides is 2. The van der Waals surface area contributed by atoms with Crippen molar-refractivity contribution >= 4 is 22.8 Å². The molecule has 15 heavy (non-hydrogen) atoms. The maximum atomic E-state index is 11.0. The highest BCUT2D eigenvalue weighted by atomic mass is 16.2. The average molecular weight is 204 g/mol. The summed E-state index contributed by atoms with van der Waals surface area (Å²) in [5.74, 6) is -0.689. The van der Waals surface area contributed by atoms with Crippen LogP contribution in [0.2, 0.25) is 0 Å². The van der Waals surface area contributed by atoms with Crippen molar-refractivity contribution in [2.24, 2.45) is 11.5 Å². The maximum absolute atomic E-state index is 11.0. The standard InChI is InChI=1S/C9H8N4O2/c10-8(14)7-5-3-1-2-4-6(5)13(12-7)9(11)15/h1-4H,(H2,10,14)(H2,11,15). The molecular formula is C9H8N4O2. The van der Waals surface area contributed by atoms with E-state index in [0.717, 1.165) is 4.68 Å². The highest BCUT2D eigenvalue weighted by molar-refractivity contribution is 6.05. The van der Waals surface area contributed by atoms with Gasteiger partial charge in [-0.15, -0.1) is 0 Å². The van der Waals surface area contributed by atoms with Crippen LogP contribution in [0.3, 0.4) is 0 Å². The summed E-state index contributed by atoms with van der Waals surface area (Å²) in [5.41, 5.74) is 10.7. The minimum Gasteiger partial charge on any atom is -0.364 e. The summed E-state index contributed by atoms with van der Waals surface area (Å²) >= 11 is 0. The molecular weight excluding hydrogens is 196 g/mol. The normalized spacial score (nSPS) is 10.4. The largest absolute Gasteiger partial charge is 0.364 e. The van der Waals surface area contributed by atoms with Gasteiger partial charge in [-0.2, -0.15) is 9.78 Å². The van der Waals surface area contributed by atoms with Crippen LogP contribution in [0.5, 0.6) is 0 Å². The molecule has 0 atom stereocenters. The molecule has 1 aromatic carbocycles. The number of nitrogens with two attached hydrogens (primary N) is 2. The molecule has 0 aliphatic rings. The fourth-order valence-electron chi connectivity index (χ4n) is 1.42. The van der Waals surface area contributed by atoms with Crippen LogP contribution in [0.25, 0.3) is 10.9 Å². The fourth-order valence-corrected chi connectivity index (χ4v) is 1.42. The van der Waals surface area contributed by atoms with E-state index in [1.807, 2.05) is 0 Å². The molecule has 2 rings (SSSR count). The molecule has 6 heteroatoms. The second-order valence-corrected chi connectivity index (χ2v) is 2.98. The van der Waals surface area contributed by atoms with Gasteiger partial charge in [0, 0.05) is 5.39 Å². The summed E-state index contributed by atoms with van der Waals surface area (Å²) < 4.78 is 0.954. The number of aromatic nitrogens is 2. The molecule has 6 nitrogen and oxygen atoms in total.